The van der Waals surface area contributed by atoms with E-state index in [2.05, 4.69) is 38.2 Å². The van der Waals surface area contributed by atoms with Crippen LogP contribution in [0, 0.1) is 0 Å². The van der Waals surface area contributed by atoms with Gasteiger partial charge in [-0.2, -0.15) is 0 Å². The Bertz CT molecular complexity index is 1020. The Morgan fingerprint density at radius 2 is 0.898 bits per heavy atom. The first kappa shape index (κ1) is 55.2. The fourth-order valence-electron chi connectivity index (χ4n) is 7.41. The predicted molar refractivity (Wildman–Crippen MR) is 238 cm³/mol. The molecule has 0 aliphatic carbocycles. The summed E-state index contributed by atoms with van der Waals surface area (Å²) in [7, 11) is 0. The summed E-state index contributed by atoms with van der Waals surface area (Å²) in [6.07, 6.45) is 37.5. The second kappa shape index (κ2) is 40.3. The molecule has 0 saturated carbocycles. The molecule has 4 N–H and O–H groups in total. The van der Waals surface area contributed by atoms with Crippen molar-refractivity contribution in [1.29, 1.82) is 0 Å². The summed E-state index contributed by atoms with van der Waals surface area (Å²) in [5.74, 6) is -0.807. The van der Waals surface area contributed by atoms with Gasteiger partial charge in [0.15, 0.2) is 12.4 Å². The van der Waals surface area contributed by atoms with E-state index in [0.717, 1.165) is 51.4 Å². The van der Waals surface area contributed by atoms with E-state index >= 15 is 0 Å². The maximum Gasteiger partial charge on any atom is 0.306 e. The van der Waals surface area contributed by atoms with Gasteiger partial charge < -0.3 is 39.4 Å². The van der Waals surface area contributed by atoms with Crippen molar-refractivity contribution < 1.29 is 49.0 Å². The third kappa shape index (κ3) is 31.7. The number of esters is 2. The highest BCUT2D eigenvalue weighted by molar-refractivity contribution is 5.70. The molecular weight excluding hydrogens is 749 g/mol. The fraction of sp³-hybridized carbons (Fsp3) is 0.878. The Morgan fingerprint density at radius 1 is 0.508 bits per heavy atom. The molecule has 6 atom stereocenters. The van der Waals surface area contributed by atoms with E-state index in [0.29, 0.717) is 6.42 Å². The minimum Gasteiger partial charge on any atom is -0.462 e. The van der Waals surface area contributed by atoms with Gasteiger partial charge in [-0.3, -0.25) is 9.59 Å². The van der Waals surface area contributed by atoms with Crippen LogP contribution in [-0.4, -0.2) is 89.0 Å². The SMILES string of the molecule is CCCCCC/C=C/CCCCCCCCCC(=O)OC[C@H](CO[C@@H]1O[C@H](CO)[C@H](O)C(O)C1O)OC(=O)CCCCCCCCCCC/C=C/CCCCCCCC. The maximum atomic E-state index is 12.8. The average Bonchev–Trinajstić information content (AvgIpc) is 3.23. The van der Waals surface area contributed by atoms with Crippen molar-refractivity contribution in [3.8, 4) is 0 Å². The van der Waals surface area contributed by atoms with Crippen molar-refractivity contribution in [2.75, 3.05) is 19.8 Å². The number of unbranched alkanes of at least 4 members (excludes halogenated alkanes) is 26. The summed E-state index contributed by atoms with van der Waals surface area (Å²) in [6.45, 7) is 3.42. The molecule has 0 aromatic carbocycles. The molecule has 0 aromatic heterocycles. The van der Waals surface area contributed by atoms with E-state index < -0.39 is 49.4 Å². The Kier molecular flexibility index (Phi) is 37.7. The largest absolute Gasteiger partial charge is 0.462 e. The summed E-state index contributed by atoms with van der Waals surface area (Å²) in [4.78, 5) is 25.4. The summed E-state index contributed by atoms with van der Waals surface area (Å²) in [6, 6.07) is 0. The minimum atomic E-state index is -1.59. The second-order valence-corrected chi connectivity index (χ2v) is 16.9. The van der Waals surface area contributed by atoms with Gasteiger partial charge in [-0.15, -0.1) is 0 Å². The smallest absolute Gasteiger partial charge is 0.306 e. The Morgan fingerprint density at radius 3 is 1.34 bits per heavy atom. The Labute approximate surface area is 360 Å². The zero-order chi connectivity index (χ0) is 43.0. The summed E-state index contributed by atoms with van der Waals surface area (Å²) in [5.41, 5.74) is 0. The number of carbonyl (C=O) groups excluding carboxylic acids is 2. The lowest BCUT2D eigenvalue weighted by molar-refractivity contribution is -0.305. The van der Waals surface area contributed by atoms with Gasteiger partial charge in [-0.1, -0.05) is 167 Å². The molecule has 1 saturated heterocycles. The summed E-state index contributed by atoms with van der Waals surface area (Å²) in [5, 5.41) is 40.1. The van der Waals surface area contributed by atoms with Crippen LogP contribution in [0.2, 0.25) is 0 Å². The van der Waals surface area contributed by atoms with E-state index in [1.807, 2.05) is 0 Å². The highest BCUT2D eigenvalue weighted by Crippen LogP contribution is 2.23. The van der Waals surface area contributed by atoms with Gasteiger partial charge in [-0.05, 0) is 64.2 Å². The monoisotopic (exact) mass is 839 g/mol. The van der Waals surface area contributed by atoms with E-state index in [1.54, 1.807) is 0 Å². The summed E-state index contributed by atoms with van der Waals surface area (Å²) < 4.78 is 22.2. The number of hydrogen-bond acceptors (Lipinski definition) is 10. The molecule has 0 aromatic rings. The van der Waals surface area contributed by atoms with Gasteiger partial charge in [0.2, 0.25) is 0 Å². The lowest BCUT2D eigenvalue weighted by Gasteiger charge is -2.39. The molecule has 2 unspecified atom stereocenters. The molecule has 1 fully saturated rings. The first-order valence-corrected chi connectivity index (χ1v) is 24.4. The zero-order valence-electron chi connectivity index (χ0n) is 37.8. The molecule has 0 amide bonds. The summed E-state index contributed by atoms with van der Waals surface area (Å²) >= 11 is 0. The molecule has 346 valence electrons. The van der Waals surface area contributed by atoms with Crippen molar-refractivity contribution >= 4 is 11.9 Å². The van der Waals surface area contributed by atoms with Crippen LogP contribution in [0.15, 0.2) is 24.3 Å². The van der Waals surface area contributed by atoms with Gasteiger partial charge in [0.25, 0.3) is 0 Å². The fourth-order valence-corrected chi connectivity index (χ4v) is 7.41. The van der Waals surface area contributed by atoms with Crippen LogP contribution in [0.5, 0.6) is 0 Å². The van der Waals surface area contributed by atoms with Crippen LogP contribution in [0.1, 0.15) is 219 Å². The second-order valence-electron chi connectivity index (χ2n) is 16.9. The molecule has 0 bridgehead atoms. The third-order valence-electron chi connectivity index (χ3n) is 11.3. The molecule has 1 aliphatic rings. The molecule has 0 spiro atoms. The van der Waals surface area contributed by atoms with Gasteiger partial charge >= 0.3 is 11.9 Å². The van der Waals surface area contributed by atoms with Gasteiger partial charge in [0.1, 0.15) is 31.0 Å². The lowest BCUT2D eigenvalue weighted by Crippen LogP contribution is -2.59. The number of hydrogen-bond donors (Lipinski definition) is 4. The topological polar surface area (TPSA) is 152 Å². The minimum absolute atomic E-state index is 0.218. The number of rotatable bonds is 41. The predicted octanol–water partition coefficient (Wildman–Crippen LogP) is 10.9. The van der Waals surface area contributed by atoms with Crippen molar-refractivity contribution in [2.45, 2.75) is 256 Å². The number of aliphatic hydroxyl groups excluding tert-OH is 4. The van der Waals surface area contributed by atoms with Crippen LogP contribution in [0.4, 0.5) is 0 Å². The van der Waals surface area contributed by atoms with Crippen LogP contribution < -0.4 is 0 Å². The standard InChI is InChI=1S/C49H90O10/c1-3-5-7-9-11-13-15-17-19-20-21-22-24-26-28-30-32-34-36-38-45(52)58-42(41-57-49-48(55)47(54)46(53)43(39-50)59-49)40-56-44(51)37-35-33-31-29-27-25-23-18-16-14-12-10-8-6-4-2/h14,16-17,19,42-43,46-50,53-55H,3-13,15,18,20-41H2,1-2H3/b16-14+,19-17+/t42-,43-,46+,47?,48?,49-/m1/s1. The highest BCUT2D eigenvalue weighted by atomic mass is 16.7. The first-order chi connectivity index (χ1) is 28.8. The molecule has 1 aliphatic heterocycles. The molecule has 59 heavy (non-hydrogen) atoms. The highest BCUT2D eigenvalue weighted by Gasteiger charge is 2.44. The van der Waals surface area contributed by atoms with Crippen LogP contribution in [-0.2, 0) is 28.5 Å². The van der Waals surface area contributed by atoms with Crippen molar-refractivity contribution in [3.63, 3.8) is 0 Å². The molecule has 1 heterocycles. The quantitative estimate of drug-likeness (QED) is 0.0266. The molecule has 1 rings (SSSR count). The van der Waals surface area contributed by atoms with E-state index in [4.69, 9.17) is 18.9 Å². The van der Waals surface area contributed by atoms with Crippen molar-refractivity contribution in [1.82, 2.24) is 0 Å². The van der Waals surface area contributed by atoms with E-state index in [-0.39, 0.29) is 32.0 Å². The first-order valence-electron chi connectivity index (χ1n) is 24.4. The Balaban J connectivity index is 2.28. The molecule has 10 heteroatoms. The van der Waals surface area contributed by atoms with Crippen LogP contribution >= 0.6 is 0 Å². The van der Waals surface area contributed by atoms with Crippen molar-refractivity contribution in [2.24, 2.45) is 0 Å². The number of allylic oxidation sites excluding steroid dienone is 4. The number of ether oxygens (including phenoxy) is 4. The molecule has 10 nitrogen and oxygen atoms in total. The van der Waals surface area contributed by atoms with Gasteiger partial charge in [0.05, 0.1) is 13.2 Å². The maximum absolute atomic E-state index is 12.8. The third-order valence-corrected chi connectivity index (χ3v) is 11.3. The Hall–Kier alpha value is -1.82. The van der Waals surface area contributed by atoms with Crippen LogP contribution in [0.3, 0.4) is 0 Å². The van der Waals surface area contributed by atoms with Crippen molar-refractivity contribution in [3.05, 3.63) is 24.3 Å². The van der Waals surface area contributed by atoms with E-state index in [9.17, 15) is 30.0 Å². The van der Waals surface area contributed by atoms with E-state index in [1.165, 1.54) is 135 Å². The van der Waals surface area contributed by atoms with Gasteiger partial charge in [0, 0.05) is 12.8 Å². The number of carbonyl (C=O) groups is 2. The lowest BCUT2D eigenvalue weighted by atomic mass is 9.99. The molecule has 0 radical (unpaired) electrons. The van der Waals surface area contributed by atoms with Gasteiger partial charge in [-0.25, -0.2) is 0 Å². The normalized spacial score (nSPS) is 20.1. The average molecular weight is 839 g/mol. The van der Waals surface area contributed by atoms with Crippen LogP contribution in [0.25, 0.3) is 0 Å². The zero-order valence-corrected chi connectivity index (χ0v) is 37.8. The molecular formula is C49H90O10. The number of aliphatic hydroxyl groups is 4.